The smallest absolute Gasteiger partial charge is 0.277 e. The second-order valence-electron chi connectivity index (χ2n) is 7.76. The van der Waals surface area contributed by atoms with Crippen LogP contribution >= 0.6 is 27.5 Å². The standard InChI is InChI=1S/C26H27BrClFN4O5/c1-36-18-5-3-16(11-19(13-18)37-2)14-30-15-31-23-8-6-20(26(35)33-38-10-9-34)25(24(23)29)32-22-7-4-17(27)12-21(22)28/h3-4,6-8,11-13,15,32,34H,5,9-10,14H2,1-2H3,(H,30,31)(H,33,35). The molecule has 3 rings (SSSR count). The van der Waals surface area contributed by atoms with Crippen LogP contribution in [0.5, 0.6) is 0 Å². The fourth-order valence-corrected chi connectivity index (χ4v) is 4.03. The van der Waals surface area contributed by atoms with Gasteiger partial charge in [0.2, 0.25) is 0 Å². The maximum atomic E-state index is 15.6. The zero-order valence-corrected chi connectivity index (χ0v) is 23.0. The number of benzene rings is 2. The number of carbonyl (C=O) groups is 1. The number of aliphatic hydroxyl groups is 1. The molecule has 202 valence electrons. The molecule has 0 bridgehead atoms. The number of ether oxygens (including phenoxy) is 2. The van der Waals surface area contributed by atoms with Gasteiger partial charge in [-0.05, 0) is 42.0 Å². The van der Waals surface area contributed by atoms with Crippen molar-refractivity contribution in [1.82, 2.24) is 5.48 Å². The molecule has 0 saturated heterocycles. The van der Waals surface area contributed by atoms with E-state index in [0.717, 1.165) is 15.8 Å². The third-order valence-electron chi connectivity index (χ3n) is 5.22. The molecular weight excluding hydrogens is 583 g/mol. The van der Waals surface area contributed by atoms with Gasteiger partial charge in [-0.25, -0.2) is 9.87 Å². The Morgan fingerprint density at radius 3 is 2.71 bits per heavy atom. The monoisotopic (exact) mass is 608 g/mol. The van der Waals surface area contributed by atoms with Crippen molar-refractivity contribution in [3.63, 3.8) is 0 Å². The van der Waals surface area contributed by atoms with E-state index < -0.39 is 11.7 Å². The van der Waals surface area contributed by atoms with Crippen molar-refractivity contribution in [2.24, 2.45) is 4.99 Å². The summed E-state index contributed by atoms with van der Waals surface area (Å²) in [6.45, 7) is -0.0967. The number of amides is 1. The Hall–Kier alpha value is -3.38. The van der Waals surface area contributed by atoms with Gasteiger partial charge in [-0.3, -0.25) is 14.6 Å². The number of aliphatic hydroxyl groups excluding tert-OH is 1. The molecule has 0 fully saturated rings. The average molecular weight is 610 g/mol. The van der Waals surface area contributed by atoms with Crippen LogP contribution < -0.4 is 16.1 Å². The van der Waals surface area contributed by atoms with Crippen molar-refractivity contribution in [3.8, 4) is 0 Å². The van der Waals surface area contributed by atoms with Gasteiger partial charge in [0.25, 0.3) is 5.91 Å². The summed E-state index contributed by atoms with van der Waals surface area (Å²) in [7, 11) is 3.17. The number of allylic oxidation sites excluding steroid dienone is 2. The number of carbonyl (C=O) groups excluding carboxylic acids is 1. The van der Waals surface area contributed by atoms with Crippen molar-refractivity contribution in [2.45, 2.75) is 6.42 Å². The van der Waals surface area contributed by atoms with Crippen LogP contribution in [-0.4, -0.2) is 51.3 Å². The molecule has 12 heteroatoms. The van der Waals surface area contributed by atoms with E-state index in [-0.39, 0.29) is 30.2 Å². The molecular formula is C26H27BrClFN4O5. The number of nitrogens with one attached hydrogen (secondary N) is 3. The highest BCUT2D eigenvalue weighted by Gasteiger charge is 2.20. The van der Waals surface area contributed by atoms with Crippen LogP contribution in [0.2, 0.25) is 5.02 Å². The Balaban J connectivity index is 1.81. The molecule has 0 radical (unpaired) electrons. The molecule has 2 aromatic rings. The van der Waals surface area contributed by atoms with Gasteiger partial charge in [0, 0.05) is 17.0 Å². The molecule has 4 N–H and O–H groups in total. The predicted molar refractivity (Wildman–Crippen MR) is 149 cm³/mol. The number of anilines is 3. The summed E-state index contributed by atoms with van der Waals surface area (Å²) in [5, 5.41) is 14.9. The zero-order valence-electron chi connectivity index (χ0n) is 20.7. The normalized spacial score (nSPS) is 13.3. The third kappa shape index (κ3) is 8.06. The fraction of sp³-hybridized carbons (Fsp3) is 0.231. The number of hydrogen-bond donors (Lipinski definition) is 4. The summed E-state index contributed by atoms with van der Waals surface area (Å²) in [6, 6.07) is 7.83. The van der Waals surface area contributed by atoms with Crippen LogP contribution in [0.1, 0.15) is 16.8 Å². The summed E-state index contributed by atoms with van der Waals surface area (Å²) in [5.41, 5.74) is 3.36. The number of hydrogen-bond acceptors (Lipinski definition) is 7. The molecule has 1 amide bonds. The quantitative estimate of drug-likeness (QED) is 0.109. The van der Waals surface area contributed by atoms with E-state index in [1.54, 1.807) is 38.5 Å². The highest BCUT2D eigenvalue weighted by Crippen LogP contribution is 2.33. The first kappa shape index (κ1) is 29.2. The van der Waals surface area contributed by atoms with Gasteiger partial charge >= 0.3 is 0 Å². The van der Waals surface area contributed by atoms with Crippen molar-refractivity contribution < 1.29 is 28.6 Å². The molecule has 0 heterocycles. The fourth-order valence-electron chi connectivity index (χ4n) is 3.31. The highest BCUT2D eigenvalue weighted by molar-refractivity contribution is 9.10. The Morgan fingerprint density at radius 2 is 2.00 bits per heavy atom. The SMILES string of the molecule is COC1=CC(CN=CNc2ccc(C(=O)NOCCO)c(Nc3ccc(Br)cc3Cl)c2F)=CCC(OC)=C1. The van der Waals surface area contributed by atoms with Crippen LogP contribution in [-0.2, 0) is 14.3 Å². The van der Waals surface area contributed by atoms with E-state index in [2.05, 4.69) is 37.0 Å². The molecule has 38 heavy (non-hydrogen) atoms. The number of methoxy groups -OCH3 is 2. The second-order valence-corrected chi connectivity index (χ2v) is 9.09. The van der Waals surface area contributed by atoms with Crippen molar-refractivity contribution in [3.05, 3.63) is 86.5 Å². The van der Waals surface area contributed by atoms with Gasteiger partial charge in [-0.2, -0.15) is 0 Å². The molecule has 1 aliphatic rings. The van der Waals surface area contributed by atoms with Crippen molar-refractivity contribution in [1.29, 1.82) is 0 Å². The van der Waals surface area contributed by atoms with E-state index in [0.29, 0.717) is 29.4 Å². The predicted octanol–water partition coefficient (Wildman–Crippen LogP) is 5.47. The minimum atomic E-state index is -0.741. The molecule has 1 aliphatic carbocycles. The molecule has 9 nitrogen and oxygen atoms in total. The molecule has 2 aromatic carbocycles. The molecule has 0 aromatic heterocycles. The lowest BCUT2D eigenvalue weighted by atomic mass is 10.1. The molecule has 0 spiro atoms. The second kappa shape index (κ2) is 14.5. The highest BCUT2D eigenvalue weighted by atomic mass is 79.9. The summed E-state index contributed by atoms with van der Waals surface area (Å²) in [5.74, 6) is -0.0548. The number of aliphatic imine (C=N–C) groups is 1. The van der Waals surface area contributed by atoms with E-state index in [9.17, 15) is 4.79 Å². The third-order valence-corrected chi connectivity index (χ3v) is 6.02. The van der Waals surface area contributed by atoms with Crippen LogP contribution in [0.3, 0.4) is 0 Å². The lowest BCUT2D eigenvalue weighted by molar-refractivity contribution is 0.0169. The van der Waals surface area contributed by atoms with Crippen LogP contribution in [0.4, 0.5) is 21.5 Å². The first-order valence-corrected chi connectivity index (χ1v) is 12.5. The maximum absolute atomic E-state index is 15.6. The lowest BCUT2D eigenvalue weighted by Gasteiger charge is -2.16. The Kier molecular flexibility index (Phi) is 11.2. The lowest BCUT2D eigenvalue weighted by Crippen LogP contribution is -2.26. The first-order chi connectivity index (χ1) is 18.4. The summed E-state index contributed by atoms with van der Waals surface area (Å²) in [6.07, 6.45) is 7.58. The van der Waals surface area contributed by atoms with Crippen molar-refractivity contribution in [2.75, 3.05) is 44.6 Å². The largest absolute Gasteiger partial charge is 0.501 e. The number of nitrogens with zero attached hydrogens (tertiary/aromatic N) is 1. The van der Waals surface area contributed by atoms with Gasteiger partial charge in [-0.1, -0.05) is 33.6 Å². The Labute approximate surface area is 233 Å². The van der Waals surface area contributed by atoms with E-state index in [4.69, 9.17) is 31.0 Å². The van der Waals surface area contributed by atoms with E-state index in [1.165, 1.54) is 18.5 Å². The van der Waals surface area contributed by atoms with Gasteiger partial charge in [0.1, 0.15) is 11.5 Å². The van der Waals surface area contributed by atoms with Crippen LogP contribution in [0.25, 0.3) is 0 Å². The van der Waals surface area contributed by atoms with Gasteiger partial charge in [-0.15, -0.1) is 0 Å². The molecule has 0 saturated carbocycles. The van der Waals surface area contributed by atoms with Gasteiger partial charge in [0.15, 0.2) is 5.82 Å². The van der Waals surface area contributed by atoms with Gasteiger partial charge in [0.05, 0.1) is 68.0 Å². The van der Waals surface area contributed by atoms with Crippen molar-refractivity contribution >= 4 is 56.8 Å². The number of hydroxylamine groups is 1. The molecule has 0 aliphatic heterocycles. The van der Waals surface area contributed by atoms with E-state index in [1.807, 2.05) is 12.2 Å². The van der Waals surface area contributed by atoms with Gasteiger partial charge < -0.3 is 25.2 Å². The minimum absolute atomic E-state index is 0.0378. The summed E-state index contributed by atoms with van der Waals surface area (Å²) in [4.78, 5) is 21.9. The zero-order chi connectivity index (χ0) is 27.5. The Morgan fingerprint density at radius 1 is 1.21 bits per heavy atom. The first-order valence-electron chi connectivity index (χ1n) is 11.4. The maximum Gasteiger partial charge on any atom is 0.277 e. The number of halogens is 3. The Bertz CT molecular complexity index is 1280. The van der Waals surface area contributed by atoms with Crippen LogP contribution in [0.15, 0.2) is 75.1 Å². The molecule has 0 unspecified atom stereocenters. The molecule has 0 atom stereocenters. The van der Waals surface area contributed by atoms with E-state index >= 15 is 4.39 Å². The average Bonchev–Trinajstić information content (AvgIpc) is 3.11. The van der Waals surface area contributed by atoms with Crippen LogP contribution in [0, 0.1) is 5.82 Å². The summed E-state index contributed by atoms with van der Waals surface area (Å²) < 4.78 is 27.0. The minimum Gasteiger partial charge on any atom is -0.501 e. The summed E-state index contributed by atoms with van der Waals surface area (Å²) >= 11 is 9.62. The topological polar surface area (TPSA) is 113 Å². The number of rotatable bonds is 12.